The molecule has 1 aromatic rings. The lowest BCUT2D eigenvalue weighted by Crippen LogP contribution is -2.49. The molecule has 2 aliphatic heterocycles. The summed E-state index contributed by atoms with van der Waals surface area (Å²) < 4.78 is 11.0. The van der Waals surface area contributed by atoms with Crippen LogP contribution in [0.25, 0.3) is 0 Å². The van der Waals surface area contributed by atoms with Crippen molar-refractivity contribution in [3.63, 3.8) is 0 Å². The van der Waals surface area contributed by atoms with Crippen molar-refractivity contribution in [1.82, 2.24) is 9.80 Å². The molecular formula is C21H30N2O4. The highest BCUT2D eigenvalue weighted by atomic mass is 16.5. The number of amides is 2. The van der Waals surface area contributed by atoms with E-state index in [0.29, 0.717) is 51.6 Å². The van der Waals surface area contributed by atoms with E-state index in [1.54, 1.807) is 0 Å². The van der Waals surface area contributed by atoms with E-state index in [4.69, 9.17) is 9.47 Å². The second-order valence-corrected chi connectivity index (χ2v) is 7.25. The summed E-state index contributed by atoms with van der Waals surface area (Å²) in [7, 11) is 0. The van der Waals surface area contributed by atoms with Crippen LogP contribution in [0.2, 0.25) is 0 Å². The first-order valence-corrected chi connectivity index (χ1v) is 10.1. The van der Waals surface area contributed by atoms with Gasteiger partial charge in [0.05, 0.1) is 25.7 Å². The van der Waals surface area contributed by atoms with Gasteiger partial charge in [-0.2, -0.15) is 0 Å². The van der Waals surface area contributed by atoms with Gasteiger partial charge in [0.2, 0.25) is 5.91 Å². The number of hydrogen-bond acceptors (Lipinski definition) is 4. The highest BCUT2D eigenvalue weighted by molar-refractivity contribution is 5.94. The maximum atomic E-state index is 12.9. The molecule has 2 amide bonds. The Labute approximate surface area is 161 Å². The van der Waals surface area contributed by atoms with Crippen LogP contribution in [0, 0.1) is 5.92 Å². The van der Waals surface area contributed by atoms with E-state index in [0.717, 1.165) is 31.4 Å². The molecule has 1 aromatic carbocycles. The first-order valence-electron chi connectivity index (χ1n) is 10.1. The van der Waals surface area contributed by atoms with Crippen LogP contribution in [0.3, 0.4) is 0 Å². The highest BCUT2D eigenvalue weighted by Crippen LogP contribution is 2.22. The number of nitrogens with zero attached hydrogens (tertiary/aromatic N) is 2. The number of benzene rings is 1. The minimum atomic E-state index is -0.0996. The minimum absolute atomic E-state index is 0.00501. The number of piperidine rings is 1. The Morgan fingerprint density at radius 3 is 2.56 bits per heavy atom. The molecule has 0 spiro atoms. The molecular weight excluding hydrogens is 344 g/mol. The summed E-state index contributed by atoms with van der Waals surface area (Å²) in [4.78, 5) is 29.3. The van der Waals surface area contributed by atoms with Crippen LogP contribution in [-0.2, 0) is 9.53 Å². The third-order valence-electron chi connectivity index (χ3n) is 5.25. The van der Waals surface area contributed by atoms with Crippen molar-refractivity contribution in [1.29, 1.82) is 0 Å². The molecule has 0 aromatic heterocycles. The van der Waals surface area contributed by atoms with Gasteiger partial charge in [-0.15, -0.1) is 0 Å². The standard InChI is InChI=1S/C21H30N2O4/c1-2-3-13-27-19-8-6-17(7-9-19)20(24)23-10-4-5-18(16-23)21(25)22-11-14-26-15-12-22/h6-9,18H,2-5,10-16H2,1H3. The van der Waals surface area contributed by atoms with Crippen molar-refractivity contribution in [2.75, 3.05) is 46.0 Å². The average Bonchev–Trinajstić information content (AvgIpc) is 2.74. The first-order chi connectivity index (χ1) is 13.2. The number of unbranched alkanes of at least 4 members (excludes halogenated alkanes) is 1. The molecule has 2 fully saturated rings. The van der Waals surface area contributed by atoms with Gasteiger partial charge in [0.1, 0.15) is 5.75 Å². The molecule has 0 radical (unpaired) electrons. The fourth-order valence-corrected chi connectivity index (χ4v) is 3.62. The van der Waals surface area contributed by atoms with Crippen LogP contribution in [0.1, 0.15) is 43.0 Å². The molecule has 6 nitrogen and oxygen atoms in total. The number of morpholine rings is 1. The van der Waals surface area contributed by atoms with E-state index >= 15 is 0 Å². The smallest absolute Gasteiger partial charge is 0.253 e. The maximum Gasteiger partial charge on any atom is 0.253 e. The zero-order chi connectivity index (χ0) is 19.1. The summed E-state index contributed by atoms with van der Waals surface area (Å²) in [5.74, 6) is 0.849. The van der Waals surface area contributed by atoms with Crippen LogP contribution in [0.5, 0.6) is 5.75 Å². The predicted molar refractivity (Wildman–Crippen MR) is 103 cm³/mol. The van der Waals surface area contributed by atoms with E-state index in [9.17, 15) is 9.59 Å². The van der Waals surface area contributed by atoms with Crippen molar-refractivity contribution in [2.45, 2.75) is 32.6 Å². The number of ether oxygens (including phenoxy) is 2. The van der Waals surface area contributed by atoms with Gasteiger partial charge in [0, 0.05) is 31.7 Å². The Hall–Kier alpha value is -2.08. The lowest BCUT2D eigenvalue weighted by atomic mass is 9.95. The zero-order valence-corrected chi connectivity index (χ0v) is 16.2. The lowest BCUT2D eigenvalue weighted by molar-refractivity contribution is -0.141. The molecule has 2 heterocycles. The molecule has 148 valence electrons. The summed E-state index contributed by atoms with van der Waals surface area (Å²) in [6, 6.07) is 7.33. The number of rotatable bonds is 6. The van der Waals surface area contributed by atoms with E-state index in [2.05, 4.69) is 6.92 Å². The lowest BCUT2D eigenvalue weighted by Gasteiger charge is -2.36. The molecule has 6 heteroatoms. The van der Waals surface area contributed by atoms with Crippen molar-refractivity contribution < 1.29 is 19.1 Å². The summed E-state index contributed by atoms with van der Waals surface area (Å²) >= 11 is 0. The Morgan fingerprint density at radius 1 is 1.11 bits per heavy atom. The maximum absolute atomic E-state index is 12.9. The largest absolute Gasteiger partial charge is 0.494 e. The highest BCUT2D eigenvalue weighted by Gasteiger charge is 2.32. The van der Waals surface area contributed by atoms with Gasteiger partial charge >= 0.3 is 0 Å². The van der Waals surface area contributed by atoms with E-state index in [1.165, 1.54) is 0 Å². The Bertz CT molecular complexity index is 626. The van der Waals surface area contributed by atoms with Gasteiger partial charge in [0.25, 0.3) is 5.91 Å². The molecule has 2 aliphatic rings. The van der Waals surface area contributed by atoms with Crippen LogP contribution >= 0.6 is 0 Å². The van der Waals surface area contributed by atoms with E-state index < -0.39 is 0 Å². The van der Waals surface area contributed by atoms with Crippen LogP contribution in [-0.4, -0.2) is 67.6 Å². The molecule has 0 aliphatic carbocycles. The van der Waals surface area contributed by atoms with Gasteiger partial charge in [-0.3, -0.25) is 9.59 Å². The molecule has 27 heavy (non-hydrogen) atoms. The molecule has 1 unspecified atom stereocenters. The van der Waals surface area contributed by atoms with Gasteiger partial charge in [-0.25, -0.2) is 0 Å². The fraction of sp³-hybridized carbons (Fsp3) is 0.619. The van der Waals surface area contributed by atoms with E-state index in [1.807, 2.05) is 34.1 Å². The number of carbonyl (C=O) groups excluding carboxylic acids is 2. The molecule has 3 rings (SSSR count). The molecule has 0 bridgehead atoms. The fourth-order valence-electron chi connectivity index (χ4n) is 3.62. The van der Waals surface area contributed by atoms with Crippen molar-refractivity contribution >= 4 is 11.8 Å². The van der Waals surface area contributed by atoms with E-state index in [-0.39, 0.29) is 17.7 Å². The predicted octanol–water partition coefficient (Wildman–Crippen LogP) is 2.58. The summed E-state index contributed by atoms with van der Waals surface area (Å²) in [5.41, 5.74) is 0.650. The minimum Gasteiger partial charge on any atom is -0.494 e. The Balaban J connectivity index is 1.56. The number of hydrogen-bond donors (Lipinski definition) is 0. The summed E-state index contributed by atoms with van der Waals surface area (Å²) in [6.07, 6.45) is 3.83. The molecule has 1 atom stereocenters. The van der Waals surface area contributed by atoms with Gasteiger partial charge in [-0.1, -0.05) is 13.3 Å². The Kier molecular flexibility index (Phi) is 7.10. The van der Waals surface area contributed by atoms with Crippen LogP contribution < -0.4 is 4.74 Å². The summed E-state index contributed by atoms with van der Waals surface area (Å²) in [5, 5.41) is 0. The van der Waals surface area contributed by atoms with Crippen molar-refractivity contribution in [3.05, 3.63) is 29.8 Å². The number of likely N-dealkylation sites (tertiary alicyclic amines) is 1. The van der Waals surface area contributed by atoms with Gasteiger partial charge < -0.3 is 19.3 Å². The van der Waals surface area contributed by atoms with Crippen molar-refractivity contribution in [3.8, 4) is 5.75 Å². The molecule has 0 N–H and O–H groups in total. The number of carbonyl (C=O) groups is 2. The van der Waals surface area contributed by atoms with Gasteiger partial charge in [0.15, 0.2) is 0 Å². The molecule has 0 saturated carbocycles. The van der Waals surface area contributed by atoms with Crippen LogP contribution in [0.4, 0.5) is 0 Å². The monoisotopic (exact) mass is 374 g/mol. The third-order valence-corrected chi connectivity index (χ3v) is 5.25. The van der Waals surface area contributed by atoms with Crippen LogP contribution in [0.15, 0.2) is 24.3 Å². The first kappa shape index (κ1) is 19.7. The van der Waals surface area contributed by atoms with Gasteiger partial charge in [-0.05, 0) is 43.5 Å². The summed E-state index contributed by atoms with van der Waals surface area (Å²) in [6.45, 7) is 6.55. The topological polar surface area (TPSA) is 59.1 Å². The normalized spacial score (nSPS) is 20.4. The third kappa shape index (κ3) is 5.22. The second-order valence-electron chi connectivity index (χ2n) is 7.25. The molecule has 2 saturated heterocycles. The van der Waals surface area contributed by atoms with Crippen molar-refractivity contribution in [2.24, 2.45) is 5.92 Å². The quantitative estimate of drug-likeness (QED) is 0.718. The SMILES string of the molecule is CCCCOc1ccc(C(=O)N2CCCC(C(=O)N3CCOCC3)C2)cc1. The Morgan fingerprint density at radius 2 is 1.85 bits per heavy atom. The second kappa shape index (κ2) is 9.74. The zero-order valence-electron chi connectivity index (χ0n) is 16.2. The average molecular weight is 374 g/mol.